The van der Waals surface area contributed by atoms with Crippen molar-refractivity contribution >= 4 is 11.8 Å². The average Bonchev–Trinajstić information content (AvgIpc) is 3.42. The van der Waals surface area contributed by atoms with Gasteiger partial charge in [-0.2, -0.15) is 5.10 Å². The molecule has 0 radical (unpaired) electrons. The van der Waals surface area contributed by atoms with Crippen LogP contribution in [0.4, 0.5) is 0 Å². The summed E-state index contributed by atoms with van der Waals surface area (Å²) in [5.41, 5.74) is 1.97. The number of likely N-dealkylation sites (tertiary alicyclic amines) is 1. The van der Waals surface area contributed by atoms with E-state index >= 15 is 0 Å². The molecule has 0 unspecified atom stereocenters. The van der Waals surface area contributed by atoms with Crippen LogP contribution in [-0.2, 0) is 16.1 Å². The van der Waals surface area contributed by atoms with E-state index in [1.54, 1.807) is 11.1 Å². The van der Waals surface area contributed by atoms with E-state index in [9.17, 15) is 9.59 Å². The third-order valence-electron chi connectivity index (χ3n) is 5.73. The maximum Gasteiger partial charge on any atom is 0.228 e. The molecular formula is C21H26N4O2. The van der Waals surface area contributed by atoms with E-state index in [4.69, 9.17) is 0 Å². The molecule has 2 fully saturated rings. The van der Waals surface area contributed by atoms with Gasteiger partial charge < -0.3 is 9.80 Å². The molecule has 0 spiro atoms. The molecule has 1 aromatic carbocycles. The van der Waals surface area contributed by atoms with Crippen LogP contribution in [0, 0.1) is 5.92 Å². The van der Waals surface area contributed by atoms with Gasteiger partial charge in [0.1, 0.15) is 0 Å². The normalized spacial score (nSPS) is 20.4. The van der Waals surface area contributed by atoms with Crippen LogP contribution in [0.25, 0.3) is 5.69 Å². The minimum atomic E-state index is -0.215. The zero-order valence-electron chi connectivity index (χ0n) is 15.8. The van der Waals surface area contributed by atoms with Crippen molar-refractivity contribution in [1.82, 2.24) is 19.6 Å². The number of carbonyl (C=O) groups excluding carboxylic acids is 2. The van der Waals surface area contributed by atoms with Crippen LogP contribution in [0.15, 0.2) is 42.7 Å². The van der Waals surface area contributed by atoms with Gasteiger partial charge in [0, 0.05) is 44.4 Å². The average molecular weight is 366 g/mol. The predicted molar refractivity (Wildman–Crippen MR) is 102 cm³/mol. The van der Waals surface area contributed by atoms with E-state index in [1.165, 1.54) is 12.8 Å². The van der Waals surface area contributed by atoms with Gasteiger partial charge in [-0.1, -0.05) is 31.0 Å². The molecule has 0 N–H and O–H groups in total. The smallest absolute Gasteiger partial charge is 0.228 e. The van der Waals surface area contributed by atoms with Gasteiger partial charge in [0.25, 0.3) is 0 Å². The molecule has 1 saturated carbocycles. The Morgan fingerprint density at radius 2 is 1.96 bits per heavy atom. The van der Waals surface area contributed by atoms with Crippen molar-refractivity contribution < 1.29 is 9.59 Å². The zero-order chi connectivity index (χ0) is 18.8. The third kappa shape index (κ3) is 3.75. The molecule has 1 aliphatic carbocycles. The molecule has 1 saturated heterocycles. The van der Waals surface area contributed by atoms with Crippen LogP contribution in [0.1, 0.15) is 37.7 Å². The highest BCUT2D eigenvalue weighted by atomic mass is 16.2. The Kier molecular flexibility index (Phi) is 4.97. The molecule has 1 aliphatic heterocycles. The highest BCUT2D eigenvalue weighted by molar-refractivity contribution is 5.89. The first-order valence-electron chi connectivity index (χ1n) is 9.75. The van der Waals surface area contributed by atoms with Crippen LogP contribution in [0.2, 0.25) is 0 Å². The Morgan fingerprint density at radius 1 is 1.22 bits per heavy atom. The van der Waals surface area contributed by atoms with Gasteiger partial charge in [0.05, 0.1) is 17.8 Å². The van der Waals surface area contributed by atoms with Crippen molar-refractivity contribution in [2.24, 2.45) is 5.92 Å². The maximum absolute atomic E-state index is 12.9. The van der Waals surface area contributed by atoms with Crippen molar-refractivity contribution in [1.29, 1.82) is 0 Å². The first kappa shape index (κ1) is 17.8. The lowest BCUT2D eigenvalue weighted by molar-refractivity contribution is -0.135. The molecular weight excluding hydrogens is 340 g/mol. The van der Waals surface area contributed by atoms with Gasteiger partial charge in [-0.15, -0.1) is 0 Å². The van der Waals surface area contributed by atoms with Gasteiger partial charge in [0.2, 0.25) is 11.8 Å². The molecule has 6 heteroatoms. The second-order valence-corrected chi connectivity index (χ2v) is 7.71. The lowest BCUT2D eigenvalue weighted by Gasteiger charge is -2.25. The number of rotatable bonds is 5. The SMILES string of the molecule is CN(Cc1cnn(-c2ccccc2)c1)C(=O)[C@@H]1CC(=O)N(C2CCCC2)C1. The largest absolute Gasteiger partial charge is 0.341 e. The number of benzene rings is 1. The second kappa shape index (κ2) is 7.55. The first-order chi connectivity index (χ1) is 13.1. The quantitative estimate of drug-likeness (QED) is 0.817. The summed E-state index contributed by atoms with van der Waals surface area (Å²) in [6.07, 6.45) is 8.65. The van der Waals surface area contributed by atoms with Crippen molar-refractivity contribution in [3.05, 3.63) is 48.3 Å². The fourth-order valence-electron chi connectivity index (χ4n) is 4.29. The predicted octanol–water partition coefficient (Wildman–Crippen LogP) is 2.62. The standard InChI is InChI=1S/C21H26N4O2/c1-23(13-16-12-22-25(14-16)19-9-3-2-4-10-19)21(27)17-11-20(26)24(15-17)18-7-5-6-8-18/h2-4,9-10,12,14,17-18H,5-8,11,13,15H2,1H3/t17-/m1/s1. The molecule has 6 nitrogen and oxygen atoms in total. The lowest BCUT2D eigenvalue weighted by Crippen LogP contribution is -2.37. The van der Waals surface area contributed by atoms with Crippen molar-refractivity contribution in [3.8, 4) is 5.69 Å². The summed E-state index contributed by atoms with van der Waals surface area (Å²) in [4.78, 5) is 28.9. The van der Waals surface area contributed by atoms with Crippen LogP contribution in [-0.4, -0.2) is 51.0 Å². The topological polar surface area (TPSA) is 58.4 Å². The molecule has 4 rings (SSSR count). The number of aromatic nitrogens is 2. The number of hydrogen-bond acceptors (Lipinski definition) is 3. The van der Waals surface area contributed by atoms with E-state index in [2.05, 4.69) is 5.10 Å². The summed E-state index contributed by atoms with van der Waals surface area (Å²) in [5.74, 6) is -0.0193. The Hall–Kier alpha value is -2.63. The van der Waals surface area contributed by atoms with E-state index in [0.29, 0.717) is 25.6 Å². The van der Waals surface area contributed by atoms with Crippen molar-refractivity contribution in [2.75, 3.05) is 13.6 Å². The summed E-state index contributed by atoms with van der Waals surface area (Å²) >= 11 is 0. The molecule has 2 amide bonds. The van der Waals surface area contributed by atoms with Crippen LogP contribution < -0.4 is 0 Å². The summed E-state index contributed by atoms with van der Waals surface area (Å²) in [5, 5.41) is 4.39. The van der Waals surface area contributed by atoms with Gasteiger partial charge in [0.15, 0.2) is 0 Å². The minimum absolute atomic E-state index is 0.0521. The van der Waals surface area contributed by atoms with E-state index < -0.39 is 0 Å². The molecule has 2 aromatic rings. The molecule has 2 heterocycles. The number of para-hydroxylation sites is 1. The Balaban J connectivity index is 1.37. The first-order valence-corrected chi connectivity index (χ1v) is 9.75. The summed E-state index contributed by atoms with van der Waals surface area (Å²) in [6.45, 7) is 1.08. The van der Waals surface area contributed by atoms with E-state index in [-0.39, 0.29) is 17.7 Å². The minimum Gasteiger partial charge on any atom is -0.341 e. The van der Waals surface area contributed by atoms with Crippen molar-refractivity contribution in [2.45, 2.75) is 44.7 Å². The molecule has 0 bridgehead atoms. The monoisotopic (exact) mass is 366 g/mol. The molecule has 1 aromatic heterocycles. The fraction of sp³-hybridized carbons (Fsp3) is 0.476. The van der Waals surface area contributed by atoms with E-state index in [0.717, 1.165) is 24.1 Å². The molecule has 27 heavy (non-hydrogen) atoms. The van der Waals surface area contributed by atoms with E-state index in [1.807, 2.05) is 53.2 Å². The molecule has 142 valence electrons. The molecule has 2 aliphatic rings. The summed E-state index contributed by atoms with van der Waals surface area (Å²) < 4.78 is 1.81. The number of hydrogen-bond donors (Lipinski definition) is 0. The number of amides is 2. The maximum atomic E-state index is 12.9. The van der Waals surface area contributed by atoms with Gasteiger partial charge in [-0.05, 0) is 25.0 Å². The van der Waals surface area contributed by atoms with Gasteiger partial charge in [-0.25, -0.2) is 4.68 Å². The summed E-state index contributed by atoms with van der Waals surface area (Å²) in [7, 11) is 1.81. The van der Waals surface area contributed by atoms with Crippen molar-refractivity contribution in [3.63, 3.8) is 0 Å². The third-order valence-corrected chi connectivity index (χ3v) is 5.73. The Labute approximate surface area is 159 Å². The number of nitrogens with zero attached hydrogens (tertiary/aromatic N) is 4. The summed E-state index contributed by atoms with van der Waals surface area (Å²) in [6, 6.07) is 10.3. The van der Waals surface area contributed by atoms with Crippen LogP contribution in [0.3, 0.4) is 0 Å². The second-order valence-electron chi connectivity index (χ2n) is 7.71. The zero-order valence-corrected chi connectivity index (χ0v) is 15.8. The Bertz CT molecular complexity index is 811. The molecule has 1 atom stereocenters. The van der Waals surface area contributed by atoms with Gasteiger partial charge in [-0.3, -0.25) is 9.59 Å². The van der Waals surface area contributed by atoms with Gasteiger partial charge >= 0.3 is 0 Å². The highest BCUT2D eigenvalue weighted by Crippen LogP contribution is 2.30. The van der Waals surface area contributed by atoms with Crippen LogP contribution >= 0.6 is 0 Å². The lowest BCUT2D eigenvalue weighted by atomic mass is 10.1. The highest BCUT2D eigenvalue weighted by Gasteiger charge is 2.39. The van der Waals surface area contributed by atoms with Crippen LogP contribution in [0.5, 0.6) is 0 Å². The Morgan fingerprint density at radius 3 is 2.70 bits per heavy atom. The fourth-order valence-corrected chi connectivity index (χ4v) is 4.29. The number of carbonyl (C=O) groups is 2.